The third-order valence-corrected chi connectivity index (χ3v) is 6.33. The highest BCUT2D eigenvalue weighted by molar-refractivity contribution is 7.15. The van der Waals surface area contributed by atoms with Gasteiger partial charge in [-0.05, 0) is 68.4 Å². The molecule has 38 heavy (non-hydrogen) atoms. The molecule has 0 aliphatic carbocycles. The minimum atomic E-state index is -0.163. The molecule has 3 aromatic rings. The number of carbonyl (C=O) groups excluding carboxylic acids is 2. The van der Waals surface area contributed by atoms with Crippen LogP contribution in [0.5, 0.6) is 5.75 Å². The highest BCUT2D eigenvalue weighted by Gasteiger charge is 2.09. The summed E-state index contributed by atoms with van der Waals surface area (Å²) in [6.07, 6.45) is 10.0. The summed E-state index contributed by atoms with van der Waals surface area (Å²) in [5.74, 6) is 0.928. The second-order valence-corrected chi connectivity index (χ2v) is 9.71. The molecular weight excluding hydrogens is 500 g/mol. The van der Waals surface area contributed by atoms with E-state index < -0.39 is 0 Å². The number of unbranched alkanes of at least 4 members (excludes halogenated alkanes) is 2. The van der Waals surface area contributed by atoms with Crippen LogP contribution in [-0.2, 0) is 28.9 Å². The van der Waals surface area contributed by atoms with Gasteiger partial charge in [0.05, 0.1) is 18.7 Å². The molecule has 2 N–H and O–H groups in total. The maximum atomic E-state index is 12.5. The van der Waals surface area contributed by atoms with Crippen LogP contribution in [0.1, 0.15) is 54.8 Å². The lowest BCUT2D eigenvalue weighted by molar-refractivity contribution is -0.116. The number of hydrogen-bond donors (Lipinski definition) is 2. The quantitative estimate of drug-likeness (QED) is 0.178. The number of aromatic nitrogens is 4. The van der Waals surface area contributed by atoms with E-state index in [-0.39, 0.29) is 18.2 Å². The summed E-state index contributed by atoms with van der Waals surface area (Å²) in [4.78, 5) is 24.2. The predicted octanol–water partition coefficient (Wildman–Crippen LogP) is 5.32. The van der Waals surface area contributed by atoms with E-state index in [0.29, 0.717) is 30.4 Å². The second kappa shape index (κ2) is 16.0. The molecule has 1 aromatic carbocycles. The van der Waals surface area contributed by atoms with E-state index in [2.05, 4.69) is 44.2 Å². The molecule has 0 aliphatic rings. The Hall–Kier alpha value is -3.92. The van der Waals surface area contributed by atoms with E-state index >= 15 is 0 Å². The summed E-state index contributed by atoms with van der Waals surface area (Å²) < 4.78 is 5.73. The molecule has 0 fully saturated rings. The van der Waals surface area contributed by atoms with E-state index in [9.17, 15) is 9.59 Å². The summed E-state index contributed by atoms with van der Waals surface area (Å²) in [6.45, 7) is 7.93. The fourth-order valence-electron chi connectivity index (χ4n) is 3.50. The van der Waals surface area contributed by atoms with E-state index in [1.807, 2.05) is 36.4 Å². The Balaban J connectivity index is 1.35. The van der Waals surface area contributed by atoms with Crippen molar-refractivity contribution < 1.29 is 14.3 Å². The normalized spacial score (nSPS) is 10.5. The largest absolute Gasteiger partial charge is 0.494 e. The number of nitrogens with zero attached hydrogens (tertiary/aromatic N) is 4. The molecule has 0 spiro atoms. The first kappa shape index (κ1) is 28.6. The summed E-state index contributed by atoms with van der Waals surface area (Å²) >= 11 is 1.40. The Morgan fingerprint density at radius 1 is 0.895 bits per heavy atom. The third kappa shape index (κ3) is 10.6. The number of amides is 2. The molecule has 0 radical (unpaired) electrons. The SMILES string of the molecule is C=CCCCOc1cccc(CC(=O)Nc2ccc(CCCCc3nnc(NC(=O)CCC=C)s3)nn2)c1. The molecule has 10 heteroatoms. The van der Waals surface area contributed by atoms with Crippen LogP contribution in [0.4, 0.5) is 10.9 Å². The Labute approximate surface area is 227 Å². The fraction of sp³-hybridized carbons (Fsp3) is 0.357. The van der Waals surface area contributed by atoms with Crippen LogP contribution >= 0.6 is 11.3 Å². The maximum Gasteiger partial charge on any atom is 0.229 e. The van der Waals surface area contributed by atoms with Crippen molar-refractivity contribution in [1.82, 2.24) is 20.4 Å². The molecule has 2 heterocycles. The molecule has 200 valence electrons. The molecule has 2 aromatic heterocycles. The predicted molar refractivity (Wildman–Crippen MR) is 150 cm³/mol. The highest BCUT2D eigenvalue weighted by atomic mass is 32.1. The highest BCUT2D eigenvalue weighted by Crippen LogP contribution is 2.18. The fourth-order valence-corrected chi connectivity index (χ4v) is 4.30. The van der Waals surface area contributed by atoms with Crippen LogP contribution < -0.4 is 15.4 Å². The van der Waals surface area contributed by atoms with Gasteiger partial charge in [0.25, 0.3) is 0 Å². The standard InChI is InChI=1S/C28H34N6O3S/c1-3-5-9-18-37-23-13-10-11-21(19-23)20-26(36)29-24-17-16-22(31-32-24)12-7-8-15-27-33-34-28(38-27)30-25(35)14-6-4-2/h3-4,10-11,13,16-17,19H,1-2,5-9,12,14-15,18,20H2,(H,29,32,36)(H,30,34,35). The van der Waals surface area contributed by atoms with Crippen molar-refractivity contribution in [2.24, 2.45) is 0 Å². The molecule has 0 bridgehead atoms. The number of nitrogens with one attached hydrogen (secondary N) is 2. The lowest BCUT2D eigenvalue weighted by Gasteiger charge is -2.08. The van der Waals surface area contributed by atoms with Crippen LogP contribution in [-0.4, -0.2) is 38.8 Å². The van der Waals surface area contributed by atoms with Crippen LogP contribution in [0, 0.1) is 0 Å². The molecule has 0 unspecified atom stereocenters. The van der Waals surface area contributed by atoms with E-state index in [4.69, 9.17) is 4.74 Å². The van der Waals surface area contributed by atoms with Gasteiger partial charge in [-0.1, -0.05) is 35.6 Å². The van der Waals surface area contributed by atoms with Crippen molar-refractivity contribution in [1.29, 1.82) is 0 Å². The van der Waals surface area contributed by atoms with Crippen LogP contribution in [0.2, 0.25) is 0 Å². The number of hydrogen-bond acceptors (Lipinski definition) is 8. The van der Waals surface area contributed by atoms with Gasteiger partial charge in [-0.25, -0.2) is 0 Å². The number of aryl methyl sites for hydroxylation is 2. The number of rotatable bonds is 17. The lowest BCUT2D eigenvalue weighted by atomic mass is 10.1. The average Bonchev–Trinajstić information content (AvgIpc) is 3.36. The molecular formula is C28H34N6O3S. The van der Waals surface area contributed by atoms with Gasteiger partial charge in [0.2, 0.25) is 16.9 Å². The van der Waals surface area contributed by atoms with Crippen molar-refractivity contribution in [2.75, 3.05) is 17.2 Å². The summed E-state index contributed by atoms with van der Waals surface area (Å²) in [6, 6.07) is 11.2. The smallest absolute Gasteiger partial charge is 0.229 e. The monoisotopic (exact) mass is 534 g/mol. The zero-order valence-corrected chi connectivity index (χ0v) is 22.3. The maximum absolute atomic E-state index is 12.5. The van der Waals surface area contributed by atoms with Crippen molar-refractivity contribution in [3.63, 3.8) is 0 Å². The van der Waals surface area contributed by atoms with Gasteiger partial charge in [0.1, 0.15) is 10.8 Å². The van der Waals surface area contributed by atoms with Gasteiger partial charge in [0.15, 0.2) is 5.82 Å². The van der Waals surface area contributed by atoms with Crippen molar-refractivity contribution >= 4 is 34.1 Å². The minimum absolute atomic E-state index is 0.0832. The van der Waals surface area contributed by atoms with Crippen LogP contribution in [0.3, 0.4) is 0 Å². The van der Waals surface area contributed by atoms with E-state index in [0.717, 1.165) is 60.5 Å². The first-order valence-corrected chi connectivity index (χ1v) is 13.6. The number of carbonyl (C=O) groups is 2. The number of anilines is 2. The summed E-state index contributed by atoms with van der Waals surface area (Å²) in [5.41, 5.74) is 1.72. The Morgan fingerprint density at radius 3 is 2.53 bits per heavy atom. The van der Waals surface area contributed by atoms with Crippen molar-refractivity contribution in [2.45, 2.75) is 57.8 Å². The molecule has 0 saturated carbocycles. The minimum Gasteiger partial charge on any atom is -0.494 e. The number of ether oxygens (including phenoxy) is 1. The second-order valence-electron chi connectivity index (χ2n) is 8.65. The lowest BCUT2D eigenvalue weighted by Crippen LogP contribution is -2.16. The Bertz CT molecular complexity index is 1200. The zero-order chi connectivity index (χ0) is 27.0. The van der Waals surface area contributed by atoms with E-state index in [1.165, 1.54) is 11.3 Å². The van der Waals surface area contributed by atoms with Gasteiger partial charge in [0, 0.05) is 12.8 Å². The first-order chi connectivity index (χ1) is 18.6. The summed E-state index contributed by atoms with van der Waals surface area (Å²) in [7, 11) is 0. The van der Waals surface area contributed by atoms with Gasteiger partial charge in [-0.15, -0.1) is 28.5 Å². The zero-order valence-electron chi connectivity index (χ0n) is 21.5. The van der Waals surface area contributed by atoms with Gasteiger partial charge >= 0.3 is 0 Å². The number of benzene rings is 1. The van der Waals surface area contributed by atoms with Crippen LogP contribution in [0.25, 0.3) is 0 Å². The molecule has 0 atom stereocenters. The Morgan fingerprint density at radius 2 is 1.74 bits per heavy atom. The average molecular weight is 535 g/mol. The molecule has 0 aliphatic heterocycles. The van der Waals surface area contributed by atoms with Crippen LogP contribution in [0.15, 0.2) is 61.7 Å². The molecule has 3 rings (SSSR count). The van der Waals surface area contributed by atoms with Gasteiger partial charge in [-0.2, -0.15) is 5.10 Å². The molecule has 0 saturated heterocycles. The number of allylic oxidation sites excluding steroid dienone is 2. The third-order valence-electron chi connectivity index (χ3n) is 5.43. The Kier molecular flexibility index (Phi) is 12.1. The molecule has 2 amide bonds. The van der Waals surface area contributed by atoms with Gasteiger partial charge < -0.3 is 15.4 Å². The van der Waals surface area contributed by atoms with Crippen molar-refractivity contribution in [3.05, 3.63) is 78.0 Å². The first-order valence-electron chi connectivity index (χ1n) is 12.7. The summed E-state index contributed by atoms with van der Waals surface area (Å²) in [5, 5.41) is 23.5. The van der Waals surface area contributed by atoms with E-state index in [1.54, 1.807) is 12.1 Å². The van der Waals surface area contributed by atoms with Crippen molar-refractivity contribution in [3.8, 4) is 5.75 Å². The van der Waals surface area contributed by atoms with Gasteiger partial charge in [-0.3, -0.25) is 9.59 Å². The molecule has 9 nitrogen and oxygen atoms in total. The topological polar surface area (TPSA) is 119 Å².